The van der Waals surface area contributed by atoms with Crippen LogP contribution in [0.25, 0.3) is 6.08 Å². The lowest BCUT2D eigenvalue weighted by atomic mass is 9.63. The first-order valence-electron chi connectivity index (χ1n) is 13.4. The van der Waals surface area contributed by atoms with E-state index in [0.29, 0.717) is 28.1 Å². The molecule has 6 nitrogen and oxygen atoms in total. The molecule has 7 rings (SSSR count). The summed E-state index contributed by atoms with van der Waals surface area (Å²) >= 11 is 3.46. The van der Waals surface area contributed by atoms with E-state index in [1.165, 1.54) is 0 Å². The van der Waals surface area contributed by atoms with E-state index in [2.05, 4.69) is 21.2 Å². The number of hydrogen-bond acceptors (Lipinski definition) is 5. The Hall–Kier alpha value is -4.49. The molecule has 0 radical (unpaired) electrons. The number of para-hydroxylation sites is 2. The minimum absolute atomic E-state index is 0.221. The first kappa shape index (κ1) is 25.5. The number of amides is 1. The third-order valence-corrected chi connectivity index (χ3v) is 9.09. The number of nitrogens with one attached hydrogen (secondary N) is 1. The van der Waals surface area contributed by atoms with E-state index in [4.69, 9.17) is 4.74 Å². The van der Waals surface area contributed by atoms with Gasteiger partial charge in [0.1, 0.15) is 17.2 Å². The van der Waals surface area contributed by atoms with Gasteiger partial charge in [0.25, 0.3) is 0 Å². The van der Waals surface area contributed by atoms with Crippen molar-refractivity contribution in [3.63, 3.8) is 0 Å². The predicted octanol–water partition coefficient (Wildman–Crippen LogP) is 6.31. The number of anilines is 2. The van der Waals surface area contributed by atoms with Crippen molar-refractivity contribution in [2.75, 3.05) is 17.3 Å². The van der Waals surface area contributed by atoms with Gasteiger partial charge in [-0.25, -0.2) is 0 Å². The number of ether oxygens (including phenoxy) is 1. The lowest BCUT2D eigenvalue weighted by Gasteiger charge is -2.37. The highest BCUT2D eigenvalue weighted by Crippen LogP contribution is 2.58. The smallest absolute Gasteiger partial charge is 0.238 e. The predicted molar refractivity (Wildman–Crippen MR) is 162 cm³/mol. The van der Waals surface area contributed by atoms with Gasteiger partial charge in [0.15, 0.2) is 11.6 Å². The molecule has 3 aliphatic heterocycles. The van der Waals surface area contributed by atoms with Crippen LogP contribution in [0, 0.1) is 5.92 Å². The van der Waals surface area contributed by atoms with Crippen molar-refractivity contribution in [3.05, 3.63) is 130 Å². The average molecular weight is 605 g/mol. The molecule has 1 fully saturated rings. The fourth-order valence-corrected chi connectivity index (χ4v) is 7.13. The molecule has 0 aliphatic carbocycles. The summed E-state index contributed by atoms with van der Waals surface area (Å²) in [5, 5.41) is 3.04. The fourth-order valence-electron chi connectivity index (χ4n) is 6.86. The van der Waals surface area contributed by atoms with Gasteiger partial charge >= 0.3 is 0 Å². The minimum atomic E-state index is -1.49. The number of Topliss-reactive ketones (excluding diaryl/α,β-unsaturated/α-hetero) is 2. The van der Waals surface area contributed by atoms with Gasteiger partial charge in [-0.15, -0.1) is 0 Å². The van der Waals surface area contributed by atoms with Gasteiger partial charge in [0.05, 0.1) is 19.1 Å². The molecule has 1 saturated heterocycles. The van der Waals surface area contributed by atoms with Gasteiger partial charge in [0.2, 0.25) is 5.91 Å². The third-order valence-electron chi connectivity index (χ3n) is 8.56. The molecular formula is C34H25BrN2O4. The Labute approximate surface area is 245 Å². The first-order valence-corrected chi connectivity index (χ1v) is 14.2. The number of methoxy groups -OCH3 is 1. The Morgan fingerprint density at radius 1 is 0.878 bits per heavy atom. The van der Waals surface area contributed by atoms with E-state index < -0.39 is 23.4 Å². The first-order chi connectivity index (χ1) is 19.9. The molecule has 0 bridgehead atoms. The molecule has 4 atom stereocenters. The van der Waals surface area contributed by atoms with Crippen molar-refractivity contribution in [3.8, 4) is 5.75 Å². The van der Waals surface area contributed by atoms with E-state index >= 15 is 0 Å². The van der Waals surface area contributed by atoms with E-state index in [0.717, 1.165) is 15.7 Å². The van der Waals surface area contributed by atoms with Crippen LogP contribution < -0.4 is 15.0 Å². The fraction of sp³-hybridized carbons (Fsp3) is 0.147. The van der Waals surface area contributed by atoms with Crippen LogP contribution in [0.3, 0.4) is 0 Å². The Bertz CT molecular complexity index is 1760. The Morgan fingerprint density at radius 2 is 1.63 bits per heavy atom. The van der Waals surface area contributed by atoms with Crippen LogP contribution in [0.4, 0.5) is 11.4 Å². The SMILES string of the molecule is COc1cccc(C(=O)[C@@H]2C3C=Cc4ccccc4N3[C@H](C(=O)c3ccc(Br)cc3)[C@]23C(=O)Nc2ccccc23)c1. The number of nitrogens with zero attached hydrogens (tertiary/aromatic N) is 1. The third kappa shape index (κ3) is 3.65. The van der Waals surface area contributed by atoms with Gasteiger partial charge in [-0.3, -0.25) is 14.4 Å². The second-order valence-corrected chi connectivity index (χ2v) is 11.4. The zero-order valence-electron chi connectivity index (χ0n) is 22.1. The van der Waals surface area contributed by atoms with E-state index in [9.17, 15) is 14.4 Å². The monoisotopic (exact) mass is 604 g/mol. The molecule has 7 heteroatoms. The second-order valence-electron chi connectivity index (χ2n) is 10.5. The summed E-state index contributed by atoms with van der Waals surface area (Å²) in [6.45, 7) is 0. The molecule has 202 valence electrons. The molecule has 1 unspecified atom stereocenters. The lowest BCUT2D eigenvalue weighted by molar-refractivity contribution is -0.121. The molecule has 3 heterocycles. The highest BCUT2D eigenvalue weighted by Gasteiger charge is 2.70. The molecule has 41 heavy (non-hydrogen) atoms. The summed E-state index contributed by atoms with van der Waals surface area (Å²) in [5.41, 5.74) is 2.41. The Kier molecular flexibility index (Phi) is 5.94. The van der Waals surface area contributed by atoms with Crippen molar-refractivity contribution < 1.29 is 19.1 Å². The number of carbonyl (C=O) groups excluding carboxylic acids is 3. The van der Waals surface area contributed by atoms with Crippen LogP contribution >= 0.6 is 15.9 Å². The zero-order chi connectivity index (χ0) is 28.3. The van der Waals surface area contributed by atoms with Crippen molar-refractivity contribution in [2.45, 2.75) is 17.5 Å². The van der Waals surface area contributed by atoms with E-state index in [1.54, 1.807) is 43.5 Å². The van der Waals surface area contributed by atoms with Gasteiger partial charge in [-0.2, -0.15) is 0 Å². The maximum absolute atomic E-state index is 14.8. The minimum Gasteiger partial charge on any atom is -0.497 e. The highest BCUT2D eigenvalue weighted by atomic mass is 79.9. The molecule has 1 N–H and O–H groups in total. The maximum atomic E-state index is 14.8. The van der Waals surface area contributed by atoms with Crippen molar-refractivity contribution in [1.29, 1.82) is 0 Å². The summed E-state index contributed by atoms with van der Waals surface area (Å²) < 4.78 is 6.27. The van der Waals surface area contributed by atoms with E-state index in [-0.39, 0.29) is 17.5 Å². The molecule has 4 aromatic carbocycles. The van der Waals surface area contributed by atoms with Crippen LogP contribution in [-0.4, -0.2) is 36.7 Å². The summed E-state index contributed by atoms with van der Waals surface area (Å²) in [4.78, 5) is 46.0. The molecule has 1 amide bonds. The number of rotatable bonds is 5. The summed E-state index contributed by atoms with van der Waals surface area (Å²) in [5.74, 6) is -1.15. The second kappa shape index (κ2) is 9.56. The van der Waals surface area contributed by atoms with Crippen LogP contribution in [0.2, 0.25) is 0 Å². The van der Waals surface area contributed by atoms with Gasteiger partial charge in [-0.05, 0) is 47.5 Å². The van der Waals surface area contributed by atoms with Gasteiger partial charge in [0, 0.05) is 27.0 Å². The molecule has 0 aromatic heterocycles. The van der Waals surface area contributed by atoms with Crippen molar-refractivity contribution in [1.82, 2.24) is 0 Å². The summed E-state index contributed by atoms with van der Waals surface area (Å²) in [6.07, 6.45) is 3.96. The number of carbonyl (C=O) groups is 3. The molecule has 1 spiro atoms. The molecule has 0 saturated carbocycles. The zero-order valence-corrected chi connectivity index (χ0v) is 23.7. The average Bonchev–Trinajstić information content (AvgIpc) is 3.48. The summed E-state index contributed by atoms with van der Waals surface area (Å²) in [7, 11) is 1.55. The number of fused-ring (bicyclic) bond motifs is 5. The summed E-state index contributed by atoms with van der Waals surface area (Å²) in [6, 6.07) is 27.8. The van der Waals surface area contributed by atoms with E-state index in [1.807, 2.05) is 77.7 Å². The number of halogens is 1. The number of benzene rings is 4. The lowest BCUT2D eigenvalue weighted by Crippen LogP contribution is -2.55. The van der Waals surface area contributed by atoms with Crippen molar-refractivity contribution in [2.24, 2.45) is 5.92 Å². The van der Waals surface area contributed by atoms with Crippen LogP contribution in [0.15, 0.2) is 108 Å². The van der Waals surface area contributed by atoms with Gasteiger partial charge in [-0.1, -0.05) is 88.7 Å². The largest absolute Gasteiger partial charge is 0.497 e. The topological polar surface area (TPSA) is 75.7 Å². The normalized spacial score (nSPS) is 23.5. The highest BCUT2D eigenvalue weighted by molar-refractivity contribution is 9.10. The maximum Gasteiger partial charge on any atom is 0.238 e. The Balaban J connectivity index is 1.53. The molecule has 3 aliphatic rings. The standard InChI is InChI=1S/C34H25BrN2O4/c1-41-24-9-6-8-22(19-24)30(38)29-28-18-15-20-7-2-5-12-27(20)37(28)32(31(39)21-13-16-23(35)17-14-21)34(29)25-10-3-4-11-26(25)36-33(34)40/h2-19,28-29,32H,1H3,(H,36,40)/t28?,29-,32+,34+/m0/s1. The van der Waals surface area contributed by atoms with Crippen molar-refractivity contribution >= 4 is 50.9 Å². The quantitative estimate of drug-likeness (QED) is 0.270. The number of ketones is 2. The van der Waals surface area contributed by atoms with Crippen LogP contribution in [0.1, 0.15) is 31.8 Å². The van der Waals surface area contributed by atoms with Crippen LogP contribution in [0.5, 0.6) is 5.75 Å². The molecule has 4 aromatic rings. The number of hydrogen-bond donors (Lipinski definition) is 1. The molecular weight excluding hydrogens is 580 g/mol. The van der Waals surface area contributed by atoms with Gasteiger partial charge < -0.3 is 15.0 Å². The van der Waals surface area contributed by atoms with Crippen LogP contribution in [-0.2, 0) is 10.2 Å². The Morgan fingerprint density at radius 3 is 2.44 bits per heavy atom.